The zero-order chi connectivity index (χ0) is 19.9. The Labute approximate surface area is 159 Å². The van der Waals surface area contributed by atoms with E-state index in [9.17, 15) is 13.2 Å². The number of carbonyl (C=O) groups excluding carboxylic acids is 1. The second-order valence-corrected chi connectivity index (χ2v) is 7.44. The highest BCUT2D eigenvalue weighted by Crippen LogP contribution is 2.29. The van der Waals surface area contributed by atoms with Gasteiger partial charge in [0.05, 0.1) is 31.4 Å². The first-order valence-electron chi connectivity index (χ1n) is 8.24. The van der Waals surface area contributed by atoms with E-state index in [4.69, 9.17) is 9.47 Å². The van der Waals surface area contributed by atoms with Crippen molar-refractivity contribution in [1.29, 1.82) is 0 Å². The molecule has 0 aliphatic heterocycles. The highest BCUT2D eigenvalue weighted by atomic mass is 32.2. The molecule has 0 unspecified atom stereocenters. The topological polar surface area (TPSA) is 97.8 Å². The Bertz CT molecular complexity index is 872. The summed E-state index contributed by atoms with van der Waals surface area (Å²) in [4.78, 5) is 17.6. The number of benzene rings is 1. The molecule has 8 nitrogen and oxygen atoms in total. The molecule has 0 aliphatic rings. The van der Waals surface area contributed by atoms with Crippen molar-refractivity contribution in [2.75, 3.05) is 27.3 Å². The summed E-state index contributed by atoms with van der Waals surface area (Å²) in [6.07, 6.45) is 1.65. The van der Waals surface area contributed by atoms with Crippen molar-refractivity contribution in [3.63, 3.8) is 0 Å². The molecule has 0 fully saturated rings. The monoisotopic (exact) mass is 393 g/mol. The first-order chi connectivity index (χ1) is 12.9. The number of carbonyl (C=O) groups is 1. The van der Waals surface area contributed by atoms with Crippen molar-refractivity contribution < 1.29 is 22.7 Å². The number of hydrogen-bond donors (Lipinski definition) is 1. The molecule has 2 rings (SSSR count). The molecule has 2 aromatic rings. The summed E-state index contributed by atoms with van der Waals surface area (Å²) < 4.78 is 37.7. The second-order valence-electron chi connectivity index (χ2n) is 5.68. The minimum atomic E-state index is -3.75. The van der Waals surface area contributed by atoms with Gasteiger partial charge in [-0.15, -0.1) is 0 Å². The van der Waals surface area contributed by atoms with Crippen molar-refractivity contribution >= 4 is 15.9 Å². The lowest BCUT2D eigenvalue weighted by molar-refractivity contribution is -0.129. The summed E-state index contributed by atoms with van der Waals surface area (Å²) in [6, 6.07) is 9.78. The van der Waals surface area contributed by atoms with Gasteiger partial charge in [-0.05, 0) is 24.3 Å². The third kappa shape index (κ3) is 5.66. The third-order valence-corrected chi connectivity index (χ3v) is 5.32. The maximum atomic E-state index is 12.5. The van der Waals surface area contributed by atoms with E-state index in [1.165, 1.54) is 44.2 Å². The van der Waals surface area contributed by atoms with Crippen molar-refractivity contribution in [1.82, 2.24) is 14.6 Å². The molecule has 0 spiro atoms. The minimum Gasteiger partial charge on any atom is -0.493 e. The maximum Gasteiger partial charge on any atom is 0.240 e. The smallest absolute Gasteiger partial charge is 0.240 e. The highest BCUT2D eigenvalue weighted by molar-refractivity contribution is 7.89. The summed E-state index contributed by atoms with van der Waals surface area (Å²) in [5.41, 5.74) is 0.732. The van der Waals surface area contributed by atoms with Gasteiger partial charge >= 0.3 is 0 Å². The average molecular weight is 393 g/mol. The average Bonchev–Trinajstić information content (AvgIpc) is 2.67. The van der Waals surface area contributed by atoms with Crippen molar-refractivity contribution in [2.24, 2.45) is 0 Å². The first-order valence-corrected chi connectivity index (χ1v) is 9.73. The van der Waals surface area contributed by atoms with Crippen LogP contribution in [0.25, 0.3) is 0 Å². The number of nitrogens with one attached hydrogen (secondary N) is 1. The van der Waals surface area contributed by atoms with E-state index in [2.05, 4.69) is 9.71 Å². The number of methoxy groups -OCH3 is 2. The van der Waals surface area contributed by atoms with Crippen molar-refractivity contribution in [3.05, 3.63) is 48.3 Å². The Morgan fingerprint density at radius 2 is 1.89 bits per heavy atom. The largest absolute Gasteiger partial charge is 0.493 e. The van der Waals surface area contributed by atoms with Crippen LogP contribution in [0.5, 0.6) is 11.5 Å². The summed E-state index contributed by atoms with van der Waals surface area (Å²) in [5, 5.41) is 0. The van der Waals surface area contributed by atoms with E-state index >= 15 is 0 Å². The minimum absolute atomic E-state index is 0.0549. The molecule has 27 heavy (non-hydrogen) atoms. The number of ether oxygens (including phenoxy) is 2. The van der Waals surface area contributed by atoms with Crippen LogP contribution in [-0.4, -0.2) is 51.5 Å². The Balaban J connectivity index is 2.02. The number of rotatable bonds is 9. The molecule has 0 bridgehead atoms. The van der Waals surface area contributed by atoms with E-state index in [0.29, 0.717) is 18.0 Å². The SMILES string of the molecule is COc1ccc(S(=O)(=O)NCCN(Cc2ccccn2)C(C)=O)cc1OC. The van der Waals surface area contributed by atoms with Gasteiger partial charge in [-0.25, -0.2) is 13.1 Å². The molecule has 1 aromatic heterocycles. The van der Waals surface area contributed by atoms with Crippen LogP contribution in [-0.2, 0) is 21.4 Å². The molecule has 0 aliphatic carbocycles. The number of pyridine rings is 1. The fourth-order valence-electron chi connectivity index (χ4n) is 2.42. The van der Waals surface area contributed by atoms with E-state index in [0.717, 1.165) is 5.69 Å². The lowest BCUT2D eigenvalue weighted by Gasteiger charge is -2.21. The van der Waals surface area contributed by atoms with Gasteiger partial charge in [-0.1, -0.05) is 6.07 Å². The molecule has 0 radical (unpaired) electrons. The van der Waals surface area contributed by atoms with E-state index < -0.39 is 10.0 Å². The predicted octanol–water partition coefficient (Wildman–Crippen LogP) is 1.43. The number of nitrogens with zero attached hydrogens (tertiary/aromatic N) is 2. The van der Waals surface area contributed by atoms with Gasteiger partial charge in [0.15, 0.2) is 11.5 Å². The van der Waals surface area contributed by atoms with Crippen LogP contribution in [0.15, 0.2) is 47.5 Å². The van der Waals surface area contributed by atoms with Crippen LogP contribution in [0.4, 0.5) is 0 Å². The standard InChI is InChI=1S/C18H23N3O5S/c1-14(22)21(13-15-6-4-5-9-19-15)11-10-20-27(23,24)16-7-8-17(25-2)18(12-16)26-3/h4-9,12,20H,10-11,13H2,1-3H3. The second kappa shape index (κ2) is 9.33. The summed E-state index contributed by atoms with van der Waals surface area (Å²) >= 11 is 0. The zero-order valence-electron chi connectivity index (χ0n) is 15.5. The molecule has 0 saturated carbocycles. The molecule has 1 heterocycles. The normalized spacial score (nSPS) is 11.1. The summed E-state index contributed by atoms with van der Waals surface area (Å²) in [5.74, 6) is 0.599. The molecular weight excluding hydrogens is 370 g/mol. The van der Waals surface area contributed by atoms with Gasteiger partial charge in [0.25, 0.3) is 0 Å². The number of hydrogen-bond acceptors (Lipinski definition) is 6. The fourth-order valence-corrected chi connectivity index (χ4v) is 3.45. The van der Waals surface area contributed by atoms with Gasteiger partial charge < -0.3 is 14.4 Å². The van der Waals surface area contributed by atoms with Gasteiger partial charge in [-0.2, -0.15) is 0 Å². The summed E-state index contributed by atoms with van der Waals surface area (Å²) in [6.45, 7) is 2.04. The van der Waals surface area contributed by atoms with E-state index in [-0.39, 0.29) is 23.9 Å². The van der Waals surface area contributed by atoms with E-state index in [1.807, 2.05) is 12.1 Å². The molecule has 1 amide bonds. The third-order valence-electron chi connectivity index (χ3n) is 3.86. The lowest BCUT2D eigenvalue weighted by Crippen LogP contribution is -2.37. The summed E-state index contributed by atoms with van der Waals surface area (Å²) in [7, 11) is -0.842. The van der Waals surface area contributed by atoms with Gasteiger partial charge in [0, 0.05) is 32.3 Å². The van der Waals surface area contributed by atoms with Crippen LogP contribution in [0, 0.1) is 0 Å². The molecule has 0 atom stereocenters. The molecule has 1 N–H and O–H groups in total. The molecular formula is C18H23N3O5S. The quantitative estimate of drug-likeness (QED) is 0.692. The van der Waals surface area contributed by atoms with Crippen LogP contribution in [0.2, 0.25) is 0 Å². The Hall–Kier alpha value is -2.65. The van der Waals surface area contributed by atoms with Crippen LogP contribution < -0.4 is 14.2 Å². The van der Waals surface area contributed by atoms with Gasteiger partial charge in [0.2, 0.25) is 15.9 Å². The van der Waals surface area contributed by atoms with Crippen LogP contribution in [0.1, 0.15) is 12.6 Å². The Morgan fingerprint density at radius 1 is 1.15 bits per heavy atom. The van der Waals surface area contributed by atoms with Crippen LogP contribution in [0.3, 0.4) is 0 Å². The molecule has 9 heteroatoms. The Morgan fingerprint density at radius 3 is 2.48 bits per heavy atom. The van der Waals surface area contributed by atoms with E-state index in [1.54, 1.807) is 12.3 Å². The predicted molar refractivity (Wildman–Crippen MR) is 100 cm³/mol. The molecule has 0 saturated heterocycles. The van der Waals surface area contributed by atoms with Crippen molar-refractivity contribution in [2.45, 2.75) is 18.4 Å². The number of amides is 1. The number of aromatic nitrogens is 1. The lowest BCUT2D eigenvalue weighted by atomic mass is 10.3. The molecule has 146 valence electrons. The highest BCUT2D eigenvalue weighted by Gasteiger charge is 2.18. The Kier molecular flexibility index (Phi) is 7.14. The molecule has 1 aromatic carbocycles. The van der Waals surface area contributed by atoms with Crippen LogP contribution >= 0.6 is 0 Å². The van der Waals surface area contributed by atoms with Crippen molar-refractivity contribution in [3.8, 4) is 11.5 Å². The van der Waals surface area contributed by atoms with Gasteiger partial charge in [0.1, 0.15) is 0 Å². The first kappa shape index (κ1) is 20.7. The number of sulfonamides is 1. The maximum absolute atomic E-state index is 12.5. The van der Waals surface area contributed by atoms with Gasteiger partial charge in [-0.3, -0.25) is 9.78 Å². The fraction of sp³-hybridized carbons (Fsp3) is 0.333. The zero-order valence-corrected chi connectivity index (χ0v) is 16.3.